The summed E-state index contributed by atoms with van der Waals surface area (Å²) in [5.74, 6) is -4.90. The fourth-order valence-corrected chi connectivity index (χ4v) is 4.95. The number of hydrogen-bond acceptors (Lipinski definition) is 5. The van der Waals surface area contributed by atoms with E-state index in [0.717, 1.165) is 0 Å². The number of carboxylic acids is 1. The van der Waals surface area contributed by atoms with Crippen LogP contribution in [-0.4, -0.2) is 50.0 Å². The molecule has 0 atom stereocenters. The van der Waals surface area contributed by atoms with E-state index in [2.05, 4.69) is 0 Å². The van der Waals surface area contributed by atoms with Crippen LogP contribution in [0.4, 0.5) is 14.5 Å². The fourth-order valence-electron chi connectivity index (χ4n) is 2.10. The maximum Gasteiger partial charge on any atom is 0.319 e. The van der Waals surface area contributed by atoms with Crippen molar-refractivity contribution in [3.8, 4) is 0 Å². The molecule has 1 aliphatic rings. The number of alkyl halides is 2. The molecule has 23 heavy (non-hydrogen) atoms. The largest absolute Gasteiger partial charge is 0.480 e. The lowest BCUT2D eigenvalue weighted by molar-refractivity contribution is -0.138. The highest BCUT2D eigenvalue weighted by Gasteiger charge is 2.49. The third-order valence-electron chi connectivity index (χ3n) is 2.97. The maximum absolute atomic E-state index is 13.9. The van der Waals surface area contributed by atoms with E-state index in [4.69, 9.17) is 39.9 Å². The lowest BCUT2D eigenvalue weighted by Gasteiger charge is -2.55. The van der Waals surface area contributed by atoms with Gasteiger partial charge in [0.1, 0.15) is 13.1 Å². The van der Waals surface area contributed by atoms with Crippen molar-refractivity contribution in [2.45, 2.75) is 5.92 Å². The third-order valence-corrected chi connectivity index (χ3v) is 5.62. The molecule has 1 aromatic carbocycles. The van der Waals surface area contributed by atoms with E-state index in [1.165, 1.54) is 12.1 Å². The van der Waals surface area contributed by atoms with Crippen molar-refractivity contribution < 1.29 is 27.8 Å². The highest BCUT2D eigenvalue weighted by Crippen LogP contribution is 2.57. The lowest BCUT2D eigenvalue weighted by Crippen LogP contribution is -2.57. The Hall–Kier alpha value is -0.550. The van der Waals surface area contributed by atoms with Gasteiger partial charge in [-0.2, -0.15) is 4.31 Å². The molecule has 0 aliphatic carbocycles. The second kappa shape index (κ2) is 6.40. The molecule has 130 valence electrons. The molecule has 0 unspecified atom stereocenters. The normalized spacial score (nSPS) is 22.0. The van der Waals surface area contributed by atoms with Crippen LogP contribution in [0.1, 0.15) is 0 Å². The zero-order chi connectivity index (χ0) is 17.6. The number of benzene rings is 1. The molecule has 0 bridgehead atoms. The molecule has 3 N–H and O–H groups in total. The zero-order valence-corrected chi connectivity index (χ0v) is 14.3. The Balaban J connectivity index is 2.53. The van der Waals surface area contributed by atoms with E-state index < -0.39 is 42.5 Å². The molecule has 1 aliphatic heterocycles. The van der Waals surface area contributed by atoms with E-state index in [-0.39, 0.29) is 20.8 Å². The summed E-state index contributed by atoms with van der Waals surface area (Å²) >= 11 is 17.6. The second-order valence-electron chi connectivity index (χ2n) is 4.79. The van der Waals surface area contributed by atoms with E-state index in [9.17, 15) is 22.7 Å². The molecule has 1 fully saturated rings. The number of carboxylic acid groups (broad SMARTS) is 1. The van der Waals surface area contributed by atoms with Crippen molar-refractivity contribution in [2.75, 3.05) is 23.9 Å². The van der Waals surface area contributed by atoms with Gasteiger partial charge in [-0.05, 0) is 23.1 Å². The van der Waals surface area contributed by atoms with Gasteiger partial charge in [0.2, 0.25) is 0 Å². The van der Waals surface area contributed by atoms with E-state index in [1.807, 2.05) is 0 Å². The Bertz CT molecular complexity index is 627. The second-order valence-corrected chi connectivity index (χ2v) is 7.98. The fraction of sp³-hybridized carbons (Fsp3) is 0.364. The van der Waals surface area contributed by atoms with Crippen molar-refractivity contribution in [1.82, 2.24) is 4.31 Å². The topological polar surface area (TPSA) is 84.2 Å². The minimum Gasteiger partial charge on any atom is -0.480 e. The summed E-state index contributed by atoms with van der Waals surface area (Å²) in [5, 5.41) is 8.58. The van der Waals surface area contributed by atoms with Crippen LogP contribution >= 0.6 is 45.8 Å². The molecular weight excluding hydrogens is 401 g/mol. The van der Waals surface area contributed by atoms with Crippen LogP contribution in [0.15, 0.2) is 12.1 Å². The first-order valence-electron chi connectivity index (χ1n) is 5.99. The van der Waals surface area contributed by atoms with E-state index in [1.54, 1.807) is 0 Å². The van der Waals surface area contributed by atoms with Crippen LogP contribution in [0.5, 0.6) is 0 Å². The summed E-state index contributed by atoms with van der Waals surface area (Å²) in [4.78, 5) is 10.8. The smallest absolute Gasteiger partial charge is 0.319 e. The molecule has 0 spiro atoms. The van der Waals surface area contributed by atoms with Crippen LogP contribution < -0.4 is 4.31 Å². The Morgan fingerprint density at radius 1 is 1.22 bits per heavy atom. The summed E-state index contributed by atoms with van der Waals surface area (Å²) in [6.07, 6.45) is 0. The minimum absolute atomic E-state index is 0.131. The van der Waals surface area contributed by atoms with Crippen molar-refractivity contribution in [2.24, 2.45) is 0 Å². The molecule has 6 nitrogen and oxygen atoms in total. The van der Waals surface area contributed by atoms with E-state index >= 15 is 0 Å². The number of carbonyl (C=O) groups is 1. The Morgan fingerprint density at radius 3 is 2.22 bits per heavy atom. The monoisotopic (exact) mass is 410 g/mol. The van der Waals surface area contributed by atoms with Gasteiger partial charge in [0, 0.05) is 5.02 Å². The van der Waals surface area contributed by atoms with Crippen molar-refractivity contribution in [3.63, 3.8) is 0 Å². The summed E-state index contributed by atoms with van der Waals surface area (Å²) < 4.78 is 49.3. The van der Waals surface area contributed by atoms with Gasteiger partial charge in [-0.3, -0.25) is 13.9 Å². The van der Waals surface area contributed by atoms with Gasteiger partial charge in [-0.15, -0.1) is 0 Å². The van der Waals surface area contributed by atoms with Gasteiger partial charge in [-0.1, -0.05) is 34.8 Å². The molecule has 0 amide bonds. The number of halogens is 5. The van der Waals surface area contributed by atoms with Gasteiger partial charge in [-0.25, -0.2) is 13.1 Å². The van der Waals surface area contributed by atoms with Crippen molar-refractivity contribution in [3.05, 3.63) is 27.2 Å². The molecule has 0 saturated carbocycles. The summed E-state index contributed by atoms with van der Waals surface area (Å²) in [5.41, 5.74) is -0.257. The number of nitrogens with zero attached hydrogens (tertiary/aromatic N) is 2. The first-order chi connectivity index (χ1) is 10.4. The molecule has 0 aromatic heterocycles. The predicted octanol–water partition coefficient (Wildman–Crippen LogP) is 4.07. The van der Waals surface area contributed by atoms with Gasteiger partial charge in [0.15, 0.2) is 0 Å². The number of aliphatic carboxylic acids is 1. The molecule has 1 heterocycles. The number of rotatable bonds is 3. The van der Waals surface area contributed by atoms with Gasteiger partial charge in [0.05, 0.1) is 22.3 Å². The van der Waals surface area contributed by atoms with Crippen LogP contribution in [0.25, 0.3) is 0 Å². The quantitative estimate of drug-likeness (QED) is 0.695. The zero-order valence-electron chi connectivity index (χ0n) is 11.2. The summed E-state index contributed by atoms with van der Waals surface area (Å²) in [6, 6.07) is 2.41. The Labute approximate surface area is 146 Å². The first-order valence-corrected chi connectivity index (χ1v) is 8.59. The third kappa shape index (κ3) is 3.93. The molecule has 1 saturated heterocycles. The van der Waals surface area contributed by atoms with Gasteiger partial charge >= 0.3 is 5.97 Å². The Morgan fingerprint density at radius 2 is 1.74 bits per heavy atom. The van der Waals surface area contributed by atoms with Crippen LogP contribution in [-0.2, 0) is 4.79 Å². The number of anilines is 1. The van der Waals surface area contributed by atoms with Crippen LogP contribution in [0.3, 0.4) is 0 Å². The van der Waals surface area contributed by atoms with Crippen molar-refractivity contribution >= 4 is 57.4 Å². The van der Waals surface area contributed by atoms with E-state index in [0.29, 0.717) is 8.61 Å². The van der Waals surface area contributed by atoms with Crippen LogP contribution in [0, 0.1) is 0 Å². The first kappa shape index (κ1) is 18.8. The lowest BCUT2D eigenvalue weighted by atomic mass is 10.2. The van der Waals surface area contributed by atoms with Gasteiger partial charge in [0.25, 0.3) is 5.92 Å². The maximum atomic E-state index is 13.9. The summed E-state index contributed by atoms with van der Waals surface area (Å²) in [7, 11) is -4.05. The standard InChI is InChI=1S/C11H11Cl3F2N2O4S/c12-6-1-7(13)10(8(14)2-6)18-5-11(15,16)4-17(3-9(19)20)23(18,21)22/h1-2,21-22H,3-5H2,(H,19,20). The van der Waals surface area contributed by atoms with Crippen molar-refractivity contribution in [1.29, 1.82) is 0 Å². The molecule has 0 radical (unpaired) electrons. The van der Waals surface area contributed by atoms with Gasteiger partial charge < -0.3 is 5.11 Å². The number of hydrogen-bond donors (Lipinski definition) is 3. The SMILES string of the molecule is O=C(O)CN1CC(F)(F)CN(c2c(Cl)cc(Cl)cc2Cl)S1(O)O. The average Bonchev–Trinajstić information content (AvgIpc) is 2.33. The molecule has 1 aromatic rings. The Kier molecular flexibility index (Phi) is 5.22. The van der Waals surface area contributed by atoms with Crippen LogP contribution in [0.2, 0.25) is 15.1 Å². The molecular formula is C11H11Cl3F2N2O4S. The highest BCUT2D eigenvalue weighted by molar-refractivity contribution is 8.23. The average molecular weight is 412 g/mol. The predicted molar refractivity (Wildman–Crippen MR) is 85.8 cm³/mol. The highest BCUT2D eigenvalue weighted by atomic mass is 35.5. The molecule has 12 heteroatoms. The minimum atomic E-state index is -4.05. The summed E-state index contributed by atoms with van der Waals surface area (Å²) in [6.45, 7) is -3.20. The molecule has 2 rings (SSSR count).